The lowest BCUT2D eigenvalue weighted by atomic mass is 10.4. The third kappa shape index (κ3) is 2.82. The van der Waals surface area contributed by atoms with Crippen LogP contribution in [0.3, 0.4) is 0 Å². The first kappa shape index (κ1) is 10.7. The maximum Gasteiger partial charge on any atom is 0.241 e. The van der Waals surface area contributed by atoms with E-state index in [4.69, 9.17) is 5.73 Å². The Morgan fingerprint density at radius 2 is 1.86 bits per heavy atom. The minimum absolute atomic E-state index is 0.112. The van der Waals surface area contributed by atoms with Gasteiger partial charge in [-0.3, -0.25) is 4.79 Å². The second-order valence-electron chi connectivity index (χ2n) is 2.60. The van der Waals surface area contributed by atoms with Crippen LogP contribution in [0, 0.1) is 0 Å². The summed E-state index contributed by atoms with van der Waals surface area (Å²) in [5.74, 6) is -0.718. The van der Waals surface area contributed by atoms with Gasteiger partial charge < -0.3 is 5.73 Å². The van der Waals surface area contributed by atoms with E-state index in [1.54, 1.807) is 18.2 Å². The van der Waals surface area contributed by atoms with Crippen LogP contribution in [0.15, 0.2) is 35.2 Å². The second-order valence-corrected chi connectivity index (χ2v) is 4.37. The van der Waals surface area contributed by atoms with Gasteiger partial charge in [-0.05, 0) is 12.1 Å². The minimum Gasteiger partial charge on any atom is -0.369 e. The predicted molar refractivity (Wildman–Crippen MR) is 50.8 cm³/mol. The van der Waals surface area contributed by atoms with E-state index in [0.717, 1.165) is 0 Å². The Kier molecular flexibility index (Phi) is 3.21. The molecule has 0 aromatic heterocycles. The van der Waals surface area contributed by atoms with Crippen LogP contribution in [0.25, 0.3) is 0 Å². The van der Waals surface area contributed by atoms with Gasteiger partial charge >= 0.3 is 0 Å². The van der Waals surface area contributed by atoms with Gasteiger partial charge in [0.15, 0.2) is 0 Å². The number of hydrogen-bond acceptors (Lipinski definition) is 3. The Balaban J connectivity index is 2.82. The van der Waals surface area contributed by atoms with Gasteiger partial charge in [-0.25, -0.2) is 13.1 Å². The van der Waals surface area contributed by atoms with Crippen molar-refractivity contribution in [1.29, 1.82) is 0 Å². The summed E-state index contributed by atoms with van der Waals surface area (Å²) >= 11 is 0. The first-order valence-electron chi connectivity index (χ1n) is 3.85. The topological polar surface area (TPSA) is 89.3 Å². The van der Waals surface area contributed by atoms with Crippen LogP contribution in [0.4, 0.5) is 0 Å². The summed E-state index contributed by atoms with van der Waals surface area (Å²) in [7, 11) is -3.61. The van der Waals surface area contributed by atoms with Gasteiger partial charge in [0.1, 0.15) is 0 Å². The van der Waals surface area contributed by atoms with Crippen molar-refractivity contribution in [3.05, 3.63) is 30.3 Å². The molecular weight excluding hydrogens is 204 g/mol. The fourth-order valence-corrected chi connectivity index (χ4v) is 1.86. The molecule has 0 atom stereocenters. The van der Waals surface area contributed by atoms with Gasteiger partial charge in [0.25, 0.3) is 0 Å². The molecular formula is C8H10N2O3S. The van der Waals surface area contributed by atoms with Crippen molar-refractivity contribution < 1.29 is 13.2 Å². The molecule has 0 aliphatic rings. The van der Waals surface area contributed by atoms with E-state index in [0.29, 0.717) is 0 Å². The highest BCUT2D eigenvalue weighted by Gasteiger charge is 2.13. The monoisotopic (exact) mass is 214 g/mol. The Hall–Kier alpha value is -1.40. The molecule has 3 N–H and O–H groups in total. The lowest BCUT2D eigenvalue weighted by Crippen LogP contribution is -2.33. The third-order valence-corrected chi connectivity index (χ3v) is 2.91. The Morgan fingerprint density at radius 1 is 1.29 bits per heavy atom. The van der Waals surface area contributed by atoms with Crippen molar-refractivity contribution in [1.82, 2.24) is 4.72 Å². The number of rotatable bonds is 4. The Morgan fingerprint density at radius 3 is 2.36 bits per heavy atom. The van der Waals surface area contributed by atoms with Gasteiger partial charge in [0, 0.05) is 0 Å². The van der Waals surface area contributed by atoms with Crippen LogP contribution in [0.1, 0.15) is 0 Å². The normalized spacial score (nSPS) is 11.1. The van der Waals surface area contributed by atoms with E-state index in [9.17, 15) is 13.2 Å². The van der Waals surface area contributed by atoms with E-state index >= 15 is 0 Å². The summed E-state index contributed by atoms with van der Waals surface area (Å²) in [5.41, 5.74) is 4.81. The summed E-state index contributed by atoms with van der Waals surface area (Å²) in [6, 6.07) is 7.76. The summed E-state index contributed by atoms with van der Waals surface area (Å²) in [4.78, 5) is 10.5. The van der Waals surface area contributed by atoms with Gasteiger partial charge in [-0.1, -0.05) is 18.2 Å². The largest absolute Gasteiger partial charge is 0.369 e. The molecule has 0 saturated heterocycles. The predicted octanol–water partition coefficient (Wildman–Crippen LogP) is -0.550. The number of nitrogens with two attached hydrogens (primary N) is 1. The molecule has 0 radical (unpaired) electrons. The van der Waals surface area contributed by atoms with E-state index in [1.807, 2.05) is 0 Å². The average Bonchev–Trinajstić information content (AvgIpc) is 2.16. The van der Waals surface area contributed by atoms with Crippen molar-refractivity contribution in [2.24, 2.45) is 5.73 Å². The molecule has 0 fully saturated rings. The molecule has 0 heterocycles. The SMILES string of the molecule is NC(=O)CNS(=O)(=O)c1ccccc1. The van der Waals surface area contributed by atoms with Gasteiger partial charge in [-0.15, -0.1) is 0 Å². The van der Waals surface area contributed by atoms with E-state index < -0.39 is 22.5 Å². The highest BCUT2D eigenvalue weighted by molar-refractivity contribution is 7.89. The van der Waals surface area contributed by atoms with Crippen molar-refractivity contribution in [2.75, 3.05) is 6.54 Å². The number of primary amides is 1. The fourth-order valence-electron chi connectivity index (χ4n) is 0.849. The molecule has 76 valence electrons. The van der Waals surface area contributed by atoms with Crippen LogP contribution < -0.4 is 10.5 Å². The molecule has 0 aliphatic heterocycles. The zero-order chi connectivity index (χ0) is 10.6. The first-order chi connectivity index (χ1) is 6.52. The Bertz CT molecular complexity index is 413. The molecule has 14 heavy (non-hydrogen) atoms. The van der Waals surface area contributed by atoms with Crippen molar-refractivity contribution >= 4 is 15.9 Å². The van der Waals surface area contributed by atoms with Gasteiger partial charge in [0.2, 0.25) is 15.9 Å². The number of carbonyl (C=O) groups excluding carboxylic acids is 1. The zero-order valence-corrected chi connectivity index (χ0v) is 8.12. The second kappa shape index (κ2) is 4.21. The Labute approximate surface area is 82.0 Å². The standard InChI is InChI=1S/C8H10N2O3S/c9-8(11)6-10-14(12,13)7-4-2-1-3-5-7/h1-5,10H,6H2,(H2,9,11). The average molecular weight is 214 g/mol. The molecule has 0 saturated carbocycles. The molecule has 1 aromatic carbocycles. The van der Waals surface area contributed by atoms with Crippen LogP contribution >= 0.6 is 0 Å². The lowest BCUT2D eigenvalue weighted by Gasteiger charge is -2.03. The molecule has 0 spiro atoms. The van der Waals surface area contributed by atoms with Gasteiger partial charge in [0.05, 0.1) is 11.4 Å². The summed E-state index contributed by atoms with van der Waals surface area (Å²) < 4.78 is 24.9. The van der Waals surface area contributed by atoms with E-state index in [-0.39, 0.29) is 4.90 Å². The van der Waals surface area contributed by atoms with Crippen molar-refractivity contribution in [2.45, 2.75) is 4.90 Å². The molecule has 0 bridgehead atoms. The van der Waals surface area contributed by atoms with Crippen LogP contribution in [0.5, 0.6) is 0 Å². The molecule has 6 heteroatoms. The fraction of sp³-hybridized carbons (Fsp3) is 0.125. The quantitative estimate of drug-likeness (QED) is 0.704. The maximum absolute atomic E-state index is 11.4. The molecule has 0 aliphatic carbocycles. The van der Waals surface area contributed by atoms with Crippen LogP contribution in [-0.4, -0.2) is 20.9 Å². The molecule has 1 aromatic rings. The minimum atomic E-state index is -3.61. The third-order valence-electron chi connectivity index (χ3n) is 1.49. The zero-order valence-electron chi connectivity index (χ0n) is 7.30. The van der Waals surface area contributed by atoms with E-state index in [2.05, 4.69) is 4.72 Å². The highest BCUT2D eigenvalue weighted by atomic mass is 32.2. The molecule has 5 nitrogen and oxygen atoms in total. The van der Waals surface area contributed by atoms with Crippen molar-refractivity contribution in [3.63, 3.8) is 0 Å². The highest BCUT2D eigenvalue weighted by Crippen LogP contribution is 2.05. The van der Waals surface area contributed by atoms with Crippen molar-refractivity contribution in [3.8, 4) is 0 Å². The lowest BCUT2D eigenvalue weighted by molar-refractivity contribution is -0.116. The molecule has 0 unspecified atom stereocenters. The number of amides is 1. The smallest absolute Gasteiger partial charge is 0.241 e. The molecule has 1 amide bonds. The molecule has 1 rings (SSSR count). The summed E-state index contributed by atoms with van der Waals surface area (Å²) in [6.07, 6.45) is 0. The number of carbonyl (C=O) groups is 1. The maximum atomic E-state index is 11.4. The number of hydrogen-bond donors (Lipinski definition) is 2. The van der Waals surface area contributed by atoms with E-state index in [1.165, 1.54) is 12.1 Å². The van der Waals surface area contributed by atoms with Crippen LogP contribution in [-0.2, 0) is 14.8 Å². The number of sulfonamides is 1. The van der Waals surface area contributed by atoms with Crippen LogP contribution in [0.2, 0.25) is 0 Å². The number of benzene rings is 1. The van der Waals surface area contributed by atoms with Gasteiger partial charge in [-0.2, -0.15) is 0 Å². The summed E-state index contributed by atoms with van der Waals surface area (Å²) in [6.45, 7) is -0.392. The summed E-state index contributed by atoms with van der Waals surface area (Å²) in [5, 5.41) is 0. The first-order valence-corrected chi connectivity index (χ1v) is 5.34. The number of nitrogens with one attached hydrogen (secondary N) is 1.